The lowest BCUT2D eigenvalue weighted by molar-refractivity contribution is 0.0988. The molecule has 2 aliphatic rings. The highest BCUT2D eigenvalue weighted by Gasteiger charge is 2.28. The van der Waals surface area contributed by atoms with Gasteiger partial charge in [0.25, 0.3) is 0 Å². The van der Waals surface area contributed by atoms with Gasteiger partial charge in [-0.2, -0.15) is 4.98 Å². The molecular weight excluding hydrogens is 455 g/mol. The predicted octanol–water partition coefficient (Wildman–Crippen LogP) is 6.43. The molecule has 36 heavy (non-hydrogen) atoms. The summed E-state index contributed by atoms with van der Waals surface area (Å²) in [5, 5.41) is 0. The molecule has 0 aliphatic heterocycles. The second-order valence-corrected chi connectivity index (χ2v) is 9.55. The first-order valence-electron chi connectivity index (χ1n) is 12.7. The lowest BCUT2D eigenvalue weighted by atomic mass is 9.97. The van der Waals surface area contributed by atoms with Gasteiger partial charge in [-0.15, -0.1) is 0 Å². The number of carbonyl (C=O) groups is 1. The van der Waals surface area contributed by atoms with Crippen LogP contribution in [0.1, 0.15) is 83.2 Å². The summed E-state index contributed by atoms with van der Waals surface area (Å²) in [6, 6.07) is 10.4. The molecule has 0 saturated heterocycles. The van der Waals surface area contributed by atoms with Crippen LogP contribution in [0, 0.1) is 12.7 Å². The van der Waals surface area contributed by atoms with Crippen molar-refractivity contribution >= 4 is 11.4 Å². The van der Waals surface area contributed by atoms with Crippen molar-refractivity contribution in [2.45, 2.75) is 64.9 Å². The van der Waals surface area contributed by atoms with E-state index in [1.54, 1.807) is 19.2 Å². The topological polar surface area (TPSA) is 61.3 Å². The van der Waals surface area contributed by atoms with Gasteiger partial charge < -0.3 is 9.47 Å². The summed E-state index contributed by atoms with van der Waals surface area (Å²) in [4.78, 5) is 22.0. The fraction of sp³-hybridized carbons (Fsp3) is 0.367. The Kier molecular flexibility index (Phi) is 6.86. The summed E-state index contributed by atoms with van der Waals surface area (Å²) >= 11 is 0. The predicted molar refractivity (Wildman–Crippen MR) is 137 cm³/mol. The minimum Gasteiger partial charge on any atom is -0.496 e. The Morgan fingerprint density at radius 1 is 1.11 bits per heavy atom. The van der Waals surface area contributed by atoms with E-state index in [9.17, 15) is 9.18 Å². The maximum Gasteiger partial charge on any atom is 0.225 e. The van der Waals surface area contributed by atoms with Gasteiger partial charge in [0.1, 0.15) is 23.5 Å². The number of carbonyl (C=O) groups excluding carboxylic acids is 1. The molecule has 5 nitrogen and oxygen atoms in total. The molecule has 1 fully saturated rings. The molecule has 0 bridgehead atoms. The van der Waals surface area contributed by atoms with Gasteiger partial charge in [-0.1, -0.05) is 31.2 Å². The van der Waals surface area contributed by atoms with Crippen LogP contribution in [0.3, 0.4) is 0 Å². The summed E-state index contributed by atoms with van der Waals surface area (Å²) < 4.78 is 25.9. The highest BCUT2D eigenvalue weighted by molar-refractivity contribution is 5.96. The van der Waals surface area contributed by atoms with Crippen molar-refractivity contribution in [1.82, 2.24) is 9.97 Å². The van der Waals surface area contributed by atoms with Crippen molar-refractivity contribution in [3.8, 4) is 11.6 Å². The van der Waals surface area contributed by atoms with Crippen LogP contribution in [0.2, 0.25) is 0 Å². The van der Waals surface area contributed by atoms with Crippen molar-refractivity contribution < 1.29 is 18.7 Å². The first-order chi connectivity index (χ1) is 17.5. The third kappa shape index (κ3) is 4.77. The average Bonchev–Trinajstić information content (AvgIpc) is 3.54. The van der Waals surface area contributed by atoms with Crippen LogP contribution in [0.5, 0.6) is 11.6 Å². The normalized spacial score (nSPS) is 15.1. The van der Waals surface area contributed by atoms with E-state index in [1.165, 1.54) is 6.07 Å². The molecule has 0 amide bonds. The van der Waals surface area contributed by atoms with E-state index in [0.717, 1.165) is 59.2 Å². The SMILES string of the molecule is CCC(=O)c1ccc(Cc2nc3c(c(OC4CCCC4)n2)C(c2ccc(F)cc2C)=CC3)c(OC)c1. The summed E-state index contributed by atoms with van der Waals surface area (Å²) in [5.41, 5.74) is 6.23. The van der Waals surface area contributed by atoms with Gasteiger partial charge in [-0.05, 0) is 67.5 Å². The number of allylic oxidation sites excluding steroid dienone is 1. The minimum atomic E-state index is -0.246. The van der Waals surface area contributed by atoms with Crippen LogP contribution in [0.4, 0.5) is 4.39 Å². The highest BCUT2D eigenvalue weighted by Crippen LogP contribution is 2.40. The number of hydrogen-bond donors (Lipinski definition) is 0. The lowest BCUT2D eigenvalue weighted by Gasteiger charge is -2.19. The van der Waals surface area contributed by atoms with Crippen molar-refractivity contribution in [2.24, 2.45) is 0 Å². The van der Waals surface area contributed by atoms with Crippen molar-refractivity contribution in [3.63, 3.8) is 0 Å². The van der Waals surface area contributed by atoms with Crippen LogP contribution < -0.4 is 9.47 Å². The van der Waals surface area contributed by atoms with Gasteiger partial charge in [-0.25, -0.2) is 9.37 Å². The fourth-order valence-corrected chi connectivity index (χ4v) is 5.19. The van der Waals surface area contributed by atoms with E-state index in [-0.39, 0.29) is 17.7 Å². The number of halogens is 1. The number of ether oxygens (including phenoxy) is 2. The van der Waals surface area contributed by atoms with E-state index >= 15 is 0 Å². The molecular formula is C30H31FN2O3. The zero-order valence-corrected chi connectivity index (χ0v) is 21.1. The van der Waals surface area contributed by atoms with E-state index in [1.807, 2.05) is 32.0 Å². The van der Waals surface area contributed by atoms with Gasteiger partial charge in [0.2, 0.25) is 5.88 Å². The number of Topliss-reactive ketones (excluding diaryl/α,β-unsaturated/α-hetero) is 1. The Bertz CT molecular complexity index is 1340. The third-order valence-electron chi connectivity index (χ3n) is 7.10. The fourth-order valence-electron chi connectivity index (χ4n) is 5.19. The van der Waals surface area contributed by atoms with Crippen molar-refractivity contribution in [1.29, 1.82) is 0 Å². The summed E-state index contributed by atoms with van der Waals surface area (Å²) in [5.74, 6) is 1.74. The maximum atomic E-state index is 13.8. The van der Waals surface area contributed by atoms with Crippen LogP contribution in [0.15, 0.2) is 42.5 Å². The van der Waals surface area contributed by atoms with Crippen molar-refractivity contribution in [3.05, 3.63) is 87.6 Å². The van der Waals surface area contributed by atoms with Crippen LogP contribution in [-0.2, 0) is 12.8 Å². The third-order valence-corrected chi connectivity index (χ3v) is 7.10. The minimum absolute atomic E-state index is 0.0792. The molecule has 1 aromatic heterocycles. The first kappa shape index (κ1) is 24.2. The maximum absolute atomic E-state index is 13.8. The molecule has 6 heteroatoms. The number of rotatable bonds is 8. The molecule has 5 rings (SSSR count). The molecule has 3 aromatic rings. The van der Waals surface area contributed by atoms with E-state index in [2.05, 4.69) is 6.08 Å². The summed E-state index contributed by atoms with van der Waals surface area (Å²) in [6.07, 6.45) is 8.20. The number of aromatic nitrogens is 2. The van der Waals surface area contributed by atoms with Crippen LogP contribution >= 0.6 is 0 Å². The largest absolute Gasteiger partial charge is 0.496 e. The summed E-state index contributed by atoms with van der Waals surface area (Å²) in [6.45, 7) is 3.77. The molecule has 1 saturated carbocycles. The molecule has 2 aromatic carbocycles. The van der Waals surface area contributed by atoms with Gasteiger partial charge >= 0.3 is 0 Å². The van der Waals surface area contributed by atoms with Crippen LogP contribution in [-0.4, -0.2) is 29.0 Å². The molecule has 0 radical (unpaired) electrons. The van der Waals surface area contributed by atoms with E-state index in [0.29, 0.717) is 42.3 Å². The number of hydrogen-bond acceptors (Lipinski definition) is 5. The molecule has 0 spiro atoms. The number of aryl methyl sites for hydroxylation is 1. The number of ketones is 1. The Hall–Kier alpha value is -3.54. The van der Waals surface area contributed by atoms with Crippen molar-refractivity contribution in [2.75, 3.05) is 7.11 Å². The van der Waals surface area contributed by atoms with E-state index in [4.69, 9.17) is 19.4 Å². The number of nitrogens with zero attached hydrogens (tertiary/aromatic N) is 2. The molecule has 1 heterocycles. The number of methoxy groups -OCH3 is 1. The second kappa shape index (κ2) is 10.2. The number of benzene rings is 2. The van der Waals surface area contributed by atoms with Crippen LogP contribution in [0.25, 0.3) is 5.57 Å². The molecule has 2 aliphatic carbocycles. The lowest BCUT2D eigenvalue weighted by Crippen LogP contribution is -2.15. The first-order valence-corrected chi connectivity index (χ1v) is 12.7. The Morgan fingerprint density at radius 3 is 2.64 bits per heavy atom. The smallest absolute Gasteiger partial charge is 0.225 e. The Morgan fingerprint density at radius 2 is 1.92 bits per heavy atom. The van der Waals surface area contributed by atoms with Gasteiger partial charge in [0.15, 0.2) is 5.78 Å². The standard InChI is InChI=1S/C30H31FN2O3/c1-4-26(34)19-9-10-20(27(16-19)35-3)17-28-32-25-14-13-24(23-12-11-21(31)15-18(23)2)29(25)30(33-28)36-22-7-5-6-8-22/h9-13,15-16,22H,4-8,14,17H2,1-3H3. The van der Waals surface area contributed by atoms with Gasteiger partial charge in [-0.3, -0.25) is 4.79 Å². The average molecular weight is 487 g/mol. The van der Waals surface area contributed by atoms with E-state index < -0.39 is 0 Å². The van der Waals surface area contributed by atoms with Gasteiger partial charge in [0, 0.05) is 30.4 Å². The highest BCUT2D eigenvalue weighted by atomic mass is 19.1. The molecule has 0 unspecified atom stereocenters. The molecule has 0 atom stereocenters. The molecule has 186 valence electrons. The van der Waals surface area contributed by atoms with Gasteiger partial charge in [0.05, 0.1) is 18.4 Å². The monoisotopic (exact) mass is 486 g/mol. The summed E-state index contributed by atoms with van der Waals surface area (Å²) in [7, 11) is 1.61. The quantitative estimate of drug-likeness (QED) is 0.344. The second-order valence-electron chi connectivity index (χ2n) is 9.55. The molecule has 0 N–H and O–H groups in total. The zero-order chi connectivity index (χ0) is 25.2. The number of fused-ring (bicyclic) bond motifs is 1. The zero-order valence-electron chi connectivity index (χ0n) is 21.1. The Balaban J connectivity index is 1.53. The Labute approximate surface area is 211 Å².